The van der Waals surface area contributed by atoms with Gasteiger partial charge in [0.05, 0.1) is 6.04 Å². The number of phenolic OH excluding ortho intramolecular Hbond substituents is 1. The van der Waals surface area contributed by atoms with E-state index in [4.69, 9.17) is 10.8 Å². The molecule has 2 atom stereocenters. The molecule has 1 amide bonds. The Morgan fingerprint density at radius 2 is 1.81 bits per heavy atom. The Kier molecular flexibility index (Phi) is 6.17. The second-order valence-corrected chi connectivity index (χ2v) is 5.51. The van der Waals surface area contributed by atoms with Gasteiger partial charge in [0.2, 0.25) is 5.91 Å². The standard InChI is InChI=1S/C15H22N2O4/c1-9(2)7-13(15(20)21)17-14(19)12(16)8-10-3-5-11(18)6-4-10/h3-6,9,12-13,18H,7-8,16H2,1-2H3,(H,17,19)(H,20,21)/t12?,13-/m0/s1. The van der Waals surface area contributed by atoms with Crippen molar-refractivity contribution in [1.82, 2.24) is 5.32 Å². The molecule has 0 radical (unpaired) electrons. The van der Waals surface area contributed by atoms with E-state index in [-0.39, 0.29) is 18.1 Å². The predicted molar refractivity (Wildman–Crippen MR) is 78.8 cm³/mol. The van der Waals surface area contributed by atoms with Crippen LogP contribution >= 0.6 is 0 Å². The summed E-state index contributed by atoms with van der Waals surface area (Å²) in [6.45, 7) is 3.77. The molecule has 0 saturated heterocycles. The van der Waals surface area contributed by atoms with Crippen LogP contribution < -0.4 is 11.1 Å². The highest BCUT2D eigenvalue weighted by molar-refractivity contribution is 5.86. The Hall–Kier alpha value is -2.08. The summed E-state index contributed by atoms with van der Waals surface area (Å²) in [6.07, 6.45) is 0.632. The van der Waals surface area contributed by atoms with E-state index in [1.807, 2.05) is 13.8 Å². The van der Waals surface area contributed by atoms with E-state index in [1.54, 1.807) is 12.1 Å². The largest absolute Gasteiger partial charge is 0.508 e. The minimum atomic E-state index is -1.06. The zero-order valence-electron chi connectivity index (χ0n) is 12.2. The normalized spacial score (nSPS) is 13.7. The van der Waals surface area contributed by atoms with Crippen molar-refractivity contribution < 1.29 is 19.8 Å². The maximum atomic E-state index is 12.0. The zero-order chi connectivity index (χ0) is 16.0. The number of nitrogens with one attached hydrogen (secondary N) is 1. The van der Waals surface area contributed by atoms with Gasteiger partial charge in [0.1, 0.15) is 11.8 Å². The summed E-state index contributed by atoms with van der Waals surface area (Å²) in [7, 11) is 0. The molecule has 116 valence electrons. The number of carbonyl (C=O) groups excluding carboxylic acids is 1. The van der Waals surface area contributed by atoms with Crippen LogP contribution in [-0.4, -0.2) is 34.2 Å². The topological polar surface area (TPSA) is 113 Å². The first kappa shape index (κ1) is 17.0. The third-order valence-corrected chi connectivity index (χ3v) is 3.05. The molecule has 6 heteroatoms. The molecule has 0 saturated carbocycles. The molecule has 21 heavy (non-hydrogen) atoms. The summed E-state index contributed by atoms with van der Waals surface area (Å²) in [6, 6.07) is 4.61. The van der Waals surface area contributed by atoms with E-state index in [2.05, 4.69) is 5.32 Å². The number of hydrogen-bond donors (Lipinski definition) is 4. The first-order chi connectivity index (χ1) is 9.79. The minimum Gasteiger partial charge on any atom is -0.508 e. The van der Waals surface area contributed by atoms with Gasteiger partial charge < -0.3 is 21.3 Å². The number of aliphatic carboxylic acids is 1. The zero-order valence-corrected chi connectivity index (χ0v) is 12.2. The molecule has 0 fully saturated rings. The monoisotopic (exact) mass is 294 g/mol. The molecular weight excluding hydrogens is 272 g/mol. The van der Waals surface area contributed by atoms with E-state index < -0.39 is 24.0 Å². The molecule has 0 aliphatic heterocycles. The van der Waals surface area contributed by atoms with E-state index >= 15 is 0 Å². The Morgan fingerprint density at radius 3 is 2.29 bits per heavy atom. The Balaban J connectivity index is 2.60. The lowest BCUT2D eigenvalue weighted by atomic mass is 10.0. The fourth-order valence-electron chi connectivity index (χ4n) is 1.95. The lowest BCUT2D eigenvalue weighted by Gasteiger charge is -2.19. The third kappa shape index (κ3) is 5.83. The smallest absolute Gasteiger partial charge is 0.326 e. The van der Waals surface area contributed by atoms with Gasteiger partial charge in [-0.25, -0.2) is 4.79 Å². The predicted octanol–water partition coefficient (Wildman–Crippen LogP) is 0.877. The van der Waals surface area contributed by atoms with Crippen LogP contribution in [0.15, 0.2) is 24.3 Å². The fourth-order valence-corrected chi connectivity index (χ4v) is 1.95. The van der Waals surface area contributed by atoms with Gasteiger partial charge in [-0.2, -0.15) is 0 Å². The minimum absolute atomic E-state index is 0.139. The molecule has 0 aliphatic carbocycles. The van der Waals surface area contributed by atoms with E-state index in [0.29, 0.717) is 6.42 Å². The second-order valence-electron chi connectivity index (χ2n) is 5.51. The first-order valence-corrected chi connectivity index (χ1v) is 6.86. The summed E-state index contributed by atoms with van der Waals surface area (Å²) < 4.78 is 0. The van der Waals surface area contributed by atoms with Gasteiger partial charge in [0.15, 0.2) is 0 Å². The van der Waals surface area contributed by atoms with E-state index in [1.165, 1.54) is 12.1 Å². The van der Waals surface area contributed by atoms with Gasteiger partial charge >= 0.3 is 5.97 Å². The Bertz CT molecular complexity index is 485. The highest BCUT2D eigenvalue weighted by Crippen LogP contribution is 2.11. The highest BCUT2D eigenvalue weighted by atomic mass is 16.4. The number of nitrogens with two attached hydrogens (primary N) is 1. The van der Waals surface area contributed by atoms with Crippen LogP contribution in [-0.2, 0) is 16.0 Å². The number of carbonyl (C=O) groups is 2. The van der Waals surface area contributed by atoms with Crippen LogP contribution in [0.25, 0.3) is 0 Å². The number of benzene rings is 1. The molecule has 1 aromatic rings. The lowest BCUT2D eigenvalue weighted by Crippen LogP contribution is -2.49. The molecule has 5 N–H and O–H groups in total. The van der Waals surface area contributed by atoms with E-state index in [9.17, 15) is 14.7 Å². The van der Waals surface area contributed by atoms with Gasteiger partial charge in [0.25, 0.3) is 0 Å². The van der Waals surface area contributed by atoms with Crippen LogP contribution in [0.5, 0.6) is 5.75 Å². The summed E-state index contributed by atoms with van der Waals surface area (Å²) in [5.41, 5.74) is 6.60. The van der Waals surface area contributed by atoms with Gasteiger partial charge in [-0.15, -0.1) is 0 Å². The van der Waals surface area contributed by atoms with Crippen LogP contribution in [0.4, 0.5) is 0 Å². The number of rotatable bonds is 7. The van der Waals surface area contributed by atoms with Crippen molar-refractivity contribution in [2.24, 2.45) is 11.7 Å². The van der Waals surface area contributed by atoms with Crippen molar-refractivity contribution in [2.45, 2.75) is 38.8 Å². The number of amides is 1. The van der Waals surface area contributed by atoms with Crippen LogP contribution in [0, 0.1) is 5.92 Å². The SMILES string of the molecule is CC(C)C[C@H](NC(=O)C(N)Cc1ccc(O)cc1)C(=O)O. The molecule has 0 heterocycles. The molecule has 0 spiro atoms. The number of carboxylic acids is 1. The maximum Gasteiger partial charge on any atom is 0.326 e. The quantitative estimate of drug-likeness (QED) is 0.596. The molecule has 0 bridgehead atoms. The average Bonchev–Trinajstić information content (AvgIpc) is 2.39. The first-order valence-electron chi connectivity index (χ1n) is 6.86. The van der Waals surface area contributed by atoms with Crippen molar-refractivity contribution in [2.75, 3.05) is 0 Å². The fraction of sp³-hybridized carbons (Fsp3) is 0.467. The molecule has 1 aromatic carbocycles. The Morgan fingerprint density at radius 1 is 1.24 bits per heavy atom. The van der Waals surface area contributed by atoms with Crippen molar-refractivity contribution in [3.8, 4) is 5.75 Å². The summed E-state index contributed by atoms with van der Waals surface area (Å²) >= 11 is 0. The molecule has 0 aromatic heterocycles. The van der Waals surface area contributed by atoms with Crippen molar-refractivity contribution >= 4 is 11.9 Å². The second kappa shape index (κ2) is 7.64. The highest BCUT2D eigenvalue weighted by Gasteiger charge is 2.24. The molecule has 0 aliphatic rings. The van der Waals surface area contributed by atoms with Crippen LogP contribution in [0.1, 0.15) is 25.8 Å². The Labute approximate surface area is 124 Å². The molecular formula is C15H22N2O4. The third-order valence-electron chi connectivity index (χ3n) is 3.05. The van der Waals surface area contributed by atoms with Crippen molar-refractivity contribution in [3.63, 3.8) is 0 Å². The number of aromatic hydroxyl groups is 1. The maximum absolute atomic E-state index is 12.0. The van der Waals surface area contributed by atoms with Gasteiger partial charge in [0, 0.05) is 0 Å². The summed E-state index contributed by atoms with van der Waals surface area (Å²) in [4.78, 5) is 23.1. The lowest BCUT2D eigenvalue weighted by molar-refractivity contribution is -0.142. The van der Waals surface area contributed by atoms with Gasteiger partial charge in [-0.05, 0) is 36.5 Å². The number of hydrogen-bond acceptors (Lipinski definition) is 4. The van der Waals surface area contributed by atoms with Crippen molar-refractivity contribution in [1.29, 1.82) is 0 Å². The van der Waals surface area contributed by atoms with Crippen LogP contribution in [0.2, 0.25) is 0 Å². The summed E-state index contributed by atoms with van der Waals surface area (Å²) in [5, 5.41) is 20.7. The molecule has 6 nitrogen and oxygen atoms in total. The molecule has 1 rings (SSSR count). The summed E-state index contributed by atoms with van der Waals surface area (Å²) in [5.74, 6) is -1.26. The number of phenols is 1. The van der Waals surface area contributed by atoms with Gasteiger partial charge in [-0.3, -0.25) is 4.79 Å². The van der Waals surface area contributed by atoms with Crippen LogP contribution in [0.3, 0.4) is 0 Å². The number of carboxylic acid groups (broad SMARTS) is 1. The molecule has 1 unspecified atom stereocenters. The van der Waals surface area contributed by atoms with E-state index in [0.717, 1.165) is 5.56 Å². The van der Waals surface area contributed by atoms with Crippen molar-refractivity contribution in [3.05, 3.63) is 29.8 Å². The van der Waals surface area contributed by atoms with Gasteiger partial charge in [-0.1, -0.05) is 26.0 Å². The average molecular weight is 294 g/mol.